The van der Waals surface area contributed by atoms with E-state index in [0.29, 0.717) is 22.8 Å². The quantitative estimate of drug-likeness (QED) is 0.839. The minimum Gasteiger partial charge on any atom is -0.391 e. The number of β-amino-alcohol motifs (C(OH)–C–C–N with tert-alkyl or cyclic N) is 1. The zero-order valence-electron chi connectivity index (χ0n) is 11.8. The zero-order valence-corrected chi connectivity index (χ0v) is 13.3. The monoisotopic (exact) mass is 338 g/mol. The molecule has 0 saturated carbocycles. The number of aromatic nitrogens is 2. The molecule has 0 amide bonds. The van der Waals surface area contributed by atoms with Gasteiger partial charge in [0.1, 0.15) is 10.3 Å². The van der Waals surface area contributed by atoms with Crippen LogP contribution in [0.4, 0.5) is 17.3 Å². The van der Waals surface area contributed by atoms with Crippen molar-refractivity contribution in [1.29, 1.82) is 0 Å². The minimum absolute atomic E-state index is 0.242. The summed E-state index contributed by atoms with van der Waals surface area (Å²) >= 11 is 11.7. The van der Waals surface area contributed by atoms with Gasteiger partial charge in [-0.3, -0.25) is 0 Å². The van der Waals surface area contributed by atoms with Crippen molar-refractivity contribution < 1.29 is 5.11 Å². The average Bonchev–Trinajstić information content (AvgIpc) is 2.47. The molecule has 0 aliphatic carbocycles. The van der Waals surface area contributed by atoms with Gasteiger partial charge in [-0.1, -0.05) is 23.2 Å². The van der Waals surface area contributed by atoms with E-state index in [1.807, 2.05) is 24.3 Å². The van der Waals surface area contributed by atoms with Crippen LogP contribution >= 0.6 is 23.2 Å². The number of aliphatic hydroxyl groups excluding tert-OH is 1. The lowest BCUT2D eigenvalue weighted by molar-refractivity contribution is 0.154. The third-order valence-electron chi connectivity index (χ3n) is 3.55. The molecule has 3 rings (SSSR count). The Morgan fingerprint density at radius 2 is 1.82 bits per heavy atom. The number of aliphatic hydroxyl groups is 1. The van der Waals surface area contributed by atoms with Gasteiger partial charge in [0, 0.05) is 30.5 Å². The van der Waals surface area contributed by atoms with Gasteiger partial charge < -0.3 is 15.3 Å². The standard InChI is InChI=1S/C15H16Cl2N4O/c16-13-8-14(17)20-15(19-13)18-10-3-5-11(6-4-10)21-7-1-2-12(22)9-21/h3-6,8,12,22H,1-2,7,9H2,(H,18,19,20). The Bertz CT molecular complexity index is 630. The van der Waals surface area contributed by atoms with Gasteiger partial charge in [-0.05, 0) is 37.1 Å². The summed E-state index contributed by atoms with van der Waals surface area (Å²) in [5.74, 6) is 0.360. The predicted molar refractivity (Wildman–Crippen MR) is 89.2 cm³/mol. The first-order chi connectivity index (χ1) is 10.6. The molecule has 1 aliphatic rings. The summed E-state index contributed by atoms with van der Waals surface area (Å²) in [6.45, 7) is 1.65. The topological polar surface area (TPSA) is 61.3 Å². The summed E-state index contributed by atoms with van der Waals surface area (Å²) in [7, 11) is 0. The van der Waals surface area contributed by atoms with E-state index in [-0.39, 0.29) is 6.10 Å². The maximum atomic E-state index is 9.75. The number of nitrogens with one attached hydrogen (secondary N) is 1. The molecule has 7 heteroatoms. The number of benzene rings is 1. The Morgan fingerprint density at radius 1 is 1.14 bits per heavy atom. The maximum absolute atomic E-state index is 9.75. The van der Waals surface area contributed by atoms with Crippen LogP contribution in [0.15, 0.2) is 30.3 Å². The third-order valence-corrected chi connectivity index (χ3v) is 3.94. The SMILES string of the molecule is OC1CCCN(c2ccc(Nc3nc(Cl)cc(Cl)n3)cc2)C1. The van der Waals surface area contributed by atoms with Crippen LogP contribution in [0.2, 0.25) is 10.3 Å². The van der Waals surface area contributed by atoms with Gasteiger partial charge in [-0.25, -0.2) is 9.97 Å². The van der Waals surface area contributed by atoms with Crippen LogP contribution in [-0.2, 0) is 0 Å². The summed E-state index contributed by atoms with van der Waals surface area (Å²) in [5, 5.41) is 13.4. The molecule has 1 unspecified atom stereocenters. The van der Waals surface area contributed by atoms with Crippen LogP contribution in [0.25, 0.3) is 0 Å². The predicted octanol–water partition coefficient (Wildman–Crippen LogP) is 3.49. The number of anilines is 3. The van der Waals surface area contributed by atoms with E-state index in [1.54, 1.807) is 0 Å². The van der Waals surface area contributed by atoms with Crippen molar-refractivity contribution in [2.45, 2.75) is 18.9 Å². The van der Waals surface area contributed by atoms with Gasteiger partial charge in [0.15, 0.2) is 0 Å². The molecule has 0 bridgehead atoms. The summed E-state index contributed by atoms with van der Waals surface area (Å²) in [4.78, 5) is 10.3. The molecule has 1 aliphatic heterocycles. The van der Waals surface area contributed by atoms with Gasteiger partial charge in [0.25, 0.3) is 0 Å². The molecule has 1 aromatic heterocycles. The zero-order chi connectivity index (χ0) is 15.5. The highest BCUT2D eigenvalue weighted by Gasteiger charge is 2.17. The lowest BCUT2D eigenvalue weighted by atomic mass is 10.1. The van der Waals surface area contributed by atoms with Gasteiger partial charge in [0.2, 0.25) is 5.95 Å². The molecule has 1 fully saturated rings. The number of hydrogen-bond donors (Lipinski definition) is 2. The van der Waals surface area contributed by atoms with Crippen LogP contribution in [0.3, 0.4) is 0 Å². The first-order valence-electron chi connectivity index (χ1n) is 7.10. The molecule has 0 spiro atoms. The van der Waals surface area contributed by atoms with Crippen LogP contribution in [0.5, 0.6) is 0 Å². The largest absolute Gasteiger partial charge is 0.391 e. The maximum Gasteiger partial charge on any atom is 0.230 e. The molecule has 1 aromatic carbocycles. The molecule has 22 heavy (non-hydrogen) atoms. The summed E-state index contributed by atoms with van der Waals surface area (Å²) < 4.78 is 0. The summed E-state index contributed by atoms with van der Waals surface area (Å²) in [6, 6.07) is 9.38. The molecular weight excluding hydrogens is 323 g/mol. The fraction of sp³-hybridized carbons (Fsp3) is 0.333. The second kappa shape index (κ2) is 6.69. The van der Waals surface area contributed by atoms with Crippen molar-refractivity contribution in [3.05, 3.63) is 40.6 Å². The van der Waals surface area contributed by atoms with Crippen LogP contribution in [0, 0.1) is 0 Å². The molecule has 5 nitrogen and oxygen atoms in total. The Labute approximate surface area is 138 Å². The Kier molecular flexibility index (Phi) is 4.66. The molecule has 2 aromatic rings. The molecule has 0 radical (unpaired) electrons. The highest BCUT2D eigenvalue weighted by Crippen LogP contribution is 2.24. The first-order valence-corrected chi connectivity index (χ1v) is 7.86. The van der Waals surface area contributed by atoms with E-state index in [0.717, 1.165) is 30.8 Å². The summed E-state index contributed by atoms with van der Waals surface area (Å²) in [5.41, 5.74) is 1.94. The minimum atomic E-state index is -0.242. The first kappa shape index (κ1) is 15.3. The number of halogens is 2. The highest BCUT2D eigenvalue weighted by molar-refractivity contribution is 6.33. The van der Waals surface area contributed by atoms with Crippen molar-refractivity contribution >= 4 is 40.5 Å². The van der Waals surface area contributed by atoms with Crippen molar-refractivity contribution in [1.82, 2.24) is 9.97 Å². The number of nitrogens with zero attached hydrogens (tertiary/aromatic N) is 3. The molecule has 116 valence electrons. The fourth-order valence-electron chi connectivity index (χ4n) is 2.52. The lowest BCUT2D eigenvalue weighted by Crippen LogP contribution is -2.38. The van der Waals surface area contributed by atoms with Crippen molar-refractivity contribution in [2.75, 3.05) is 23.3 Å². The Hall–Kier alpha value is -1.56. The molecule has 1 saturated heterocycles. The number of rotatable bonds is 3. The molecule has 1 atom stereocenters. The highest BCUT2D eigenvalue weighted by atomic mass is 35.5. The average molecular weight is 339 g/mol. The van der Waals surface area contributed by atoms with Crippen molar-refractivity contribution in [3.8, 4) is 0 Å². The molecule has 2 N–H and O–H groups in total. The summed E-state index contributed by atoms with van der Waals surface area (Å²) in [6.07, 6.45) is 1.65. The van der Waals surface area contributed by atoms with Crippen LogP contribution in [0.1, 0.15) is 12.8 Å². The third kappa shape index (κ3) is 3.80. The number of hydrogen-bond acceptors (Lipinski definition) is 5. The van der Waals surface area contributed by atoms with Gasteiger partial charge in [-0.2, -0.15) is 0 Å². The van der Waals surface area contributed by atoms with E-state index in [4.69, 9.17) is 23.2 Å². The second-order valence-electron chi connectivity index (χ2n) is 5.25. The van der Waals surface area contributed by atoms with E-state index < -0.39 is 0 Å². The van der Waals surface area contributed by atoms with E-state index in [2.05, 4.69) is 20.2 Å². The smallest absolute Gasteiger partial charge is 0.230 e. The van der Waals surface area contributed by atoms with Crippen LogP contribution < -0.4 is 10.2 Å². The normalized spacial score (nSPS) is 18.3. The Balaban J connectivity index is 1.71. The number of piperidine rings is 1. The van der Waals surface area contributed by atoms with Crippen molar-refractivity contribution in [3.63, 3.8) is 0 Å². The van der Waals surface area contributed by atoms with Gasteiger partial charge in [-0.15, -0.1) is 0 Å². The second-order valence-corrected chi connectivity index (χ2v) is 6.03. The van der Waals surface area contributed by atoms with Crippen LogP contribution in [-0.4, -0.2) is 34.3 Å². The van der Waals surface area contributed by atoms with E-state index in [9.17, 15) is 5.11 Å². The van der Waals surface area contributed by atoms with E-state index >= 15 is 0 Å². The van der Waals surface area contributed by atoms with Crippen molar-refractivity contribution in [2.24, 2.45) is 0 Å². The molecular formula is C15H16Cl2N4O. The van der Waals surface area contributed by atoms with Gasteiger partial charge >= 0.3 is 0 Å². The Morgan fingerprint density at radius 3 is 2.45 bits per heavy atom. The van der Waals surface area contributed by atoms with Gasteiger partial charge in [0.05, 0.1) is 6.10 Å². The fourth-order valence-corrected chi connectivity index (χ4v) is 2.94. The lowest BCUT2D eigenvalue weighted by Gasteiger charge is -2.32. The molecule has 2 heterocycles. The van der Waals surface area contributed by atoms with E-state index in [1.165, 1.54) is 6.07 Å².